The molecule has 1 heterocycles. The second-order valence-electron chi connectivity index (χ2n) is 8.34. The quantitative estimate of drug-likeness (QED) is 0.835. The Hall–Kier alpha value is -1.22. The molecule has 22 heavy (non-hydrogen) atoms. The van der Waals surface area contributed by atoms with Gasteiger partial charge >= 0.3 is 0 Å². The number of benzene rings is 1. The lowest BCUT2D eigenvalue weighted by Gasteiger charge is -2.40. The minimum Gasteiger partial charge on any atom is -0.497 e. The molecule has 0 amide bonds. The lowest BCUT2D eigenvalue weighted by Crippen LogP contribution is -2.34. The number of fused-ring (bicyclic) bond motifs is 2. The summed E-state index contributed by atoms with van der Waals surface area (Å²) in [5.74, 6) is 1.76. The van der Waals surface area contributed by atoms with Gasteiger partial charge in [-0.05, 0) is 47.8 Å². The molecular weight excluding hydrogens is 274 g/mol. The topological polar surface area (TPSA) is 21.7 Å². The van der Waals surface area contributed by atoms with Crippen LogP contribution in [-0.4, -0.2) is 31.7 Å². The van der Waals surface area contributed by atoms with Gasteiger partial charge in [-0.25, -0.2) is 0 Å². The van der Waals surface area contributed by atoms with E-state index in [-0.39, 0.29) is 0 Å². The smallest absolute Gasteiger partial charge is 0.122 e. The zero-order chi connectivity index (χ0) is 16.0. The fourth-order valence-corrected chi connectivity index (χ4v) is 4.95. The third-order valence-electron chi connectivity index (χ3n) is 5.32. The maximum Gasteiger partial charge on any atom is 0.122 e. The lowest BCUT2D eigenvalue weighted by molar-refractivity contribution is 0.126. The number of methoxy groups -OCH3 is 2. The Morgan fingerprint density at radius 1 is 1.05 bits per heavy atom. The molecule has 3 rings (SSSR count). The molecule has 1 saturated carbocycles. The van der Waals surface area contributed by atoms with Crippen LogP contribution in [0.25, 0.3) is 0 Å². The molecule has 2 bridgehead atoms. The van der Waals surface area contributed by atoms with Crippen molar-refractivity contribution in [3.63, 3.8) is 0 Å². The van der Waals surface area contributed by atoms with Crippen LogP contribution in [0.2, 0.25) is 0 Å². The van der Waals surface area contributed by atoms with E-state index in [1.807, 2.05) is 6.07 Å². The monoisotopic (exact) mass is 303 g/mol. The molecular formula is C19H29NO2. The highest BCUT2D eigenvalue weighted by Gasteiger charge is 2.49. The third kappa shape index (κ3) is 3.10. The number of hydrogen-bond donors (Lipinski definition) is 0. The average Bonchev–Trinajstić information content (AvgIpc) is 2.66. The molecule has 2 fully saturated rings. The van der Waals surface area contributed by atoms with Gasteiger partial charge in [0, 0.05) is 25.2 Å². The first kappa shape index (κ1) is 15.7. The molecule has 1 aliphatic heterocycles. The van der Waals surface area contributed by atoms with Crippen LogP contribution in [0.5, 0.6) is 11.5 Å². The van der Waals surface area contributed by atoms with Crippen molar-refractivity contribution in [3.05, 3.63) is 23.8 Å². The highest BCUT2D eigenvalue weighted by Crippen LogP contribution is 2.52. The minimum atomic E-state index is 0.471. The standard InChI is InChI=1S/C19H29NO2/c1-18(2)9-15-10-19(3,12-18)13-20(15)11-14-6-16(21-4)8-17(7-14)22-5/h6-8,15H,9-13H2,1-5H3/t15-,19-/m0/s1. The maximum atomic E-state index is 5.40. The SMILES string of the molecule is COc1cc(CN2C[C@@]3(C)C[C@@H]2CC(C)(C)C3)cc(OC)c1. The van der Waals surface area contributed by atoms with E-state index in [2.05, 4.69) is 37.8 Å². The van der Waals surface area contributed by atoms with Crippen LogP contribution >= 0.6 is 0 Å². The Morgan fingerprint density at radius 2 is 1.68 bits per heavy atom. The summed E-state index contributed by atoms with van der Waals surface area (Å²) in [5, 5.41) is 0. The molecule has 0 unspecified atom stereocenters. The van der Waals surface area contributed by atoms with Crippen LogP contribution in [0.3, 0.4) is 0 Å². The number of hydrogen-bond acceptors (Lipinski definition) is 3. The van der Waals surface area contributed by atoms with Gasteiger partial charge in [-0.2, -0.15) is 0 Å². The van der Waals surface area contributed by atoms with Crippen LogP contribution in [0.4, 0.5) is 0 Å². The molecule has 3 nitrogen and oxygen atoms in total. The van der Waals surface area contributed by atoms with Gasteiger partial charge in [-0.3, -0.25) is 4.90 Å². The van der Waals surface area contributed by atoms with E-state index < -0.39 is 0 Å². The van der Waals surface area contributed by atoms with E-state index in [1.54, 1.807) is 14.2 Å². The Kier molecular flexibility index (Phi) is 3.88. The van der Waals surface area contributed by atoms with Crippen LogP contribution in [-0.2, 0) is 6.54 Å². The number of ether oxygens (including phenoxy) is 2. The van der Waals surface area contributed by atoms with E-state index in [9.17, 15) is 0 Å². The van der Waals surface area contributed by atoms with Gasteiger partial charge in [0.2, 0.25) is 0 Å². The van der Waals surface area contributed by atoms with Crippen molar-refractivity contribution < 1.29 is 9.47 Å². The van der Waals surface area contributed by atoms with Crippen molar-refractivity contribution in [1.29, 1.82) is 0 Å². The summed E-state index contributed by atoms with van der Waals surface area (Å²) in [4.78, 5) is 2.67. The minimum absolute atomic E-state index is 0.471. The van der Waals surface area contributed by atoms with Gasteiger partial charge in [0.25, 0.3) is 0 Å². The van der Waals surface area contributed by atoms with Crippen molar-refractivity contribution >= 4 is 0 Å². The first-order chi connectivity index (χ1) is 10.3. The highest BCUT2D eigenvalue weighted by atomic mass is 16.5. The number of rotatable bonds is 4. The van der Waals surface area contributed by atoms with E-state index in [0.717, 1.165) is 18.0 Å². The molecule has 122 valence electrons. The van der Waals surface area contributed by atoms with E-state index in [0.29, 0.717) is 16.9 Å². The molecule has 1 aromatic carbocycles. The van der Waals surface area contributed by atoms with Gasteiger partial charge in [-0.15, -0.1) is 0 Å². The summed E-state index contributed by atoms with van der Waals surface area (Å²) in [6, 6.07) is 6.93. The van der Waals surface area contributed by atoms with Crippen molar-refractivity contribution in [2.75, 3.05) is 20.8 Å². The van der Waals surface area contributed by atoms with Gasteiger partial charge in [0.15, 0.2) is 0 Å². The maximum absolute atomic E-state index is 5.40. The summed E-state index contributed by atoms with van der Waals surface area (Å²) in [5.41, 5.74) is 2.23. The summed E-state index contributed by atoms with van der Waals surface area (Å²) < 4.78 is 10.8. The van der Waals surface area contributed by atoms with Gasteiger partial charge in [-0.1, -0.05) is 20.8 Å². The molecule has 3 heteroatoms. The normalized spacial score (nSPS) is 30.3. The molecule has 0 spiro atoms. The summed E-state index contributed by atoms with van der Waals surface area (Å²) in [6.07, 6.45) is 4.00. The zero-order valence-electron chi connectivity index (χ0n) is 14.6. The zero-order valence-corrected chi connectivity index (χ0v) is 14.6. The molecule has 0 radical (unpaired) electrons. The second kappa shape index (κ2) is 5.45. The van der Waals surface area contributed by atoms with Gasteiger partial charge < -0.3 is 9.47 Å². The van der Waals surface area contributed by atoms with E-state index in [4.69, 9.17) is 9.47 Å². The average molecular weight is 303 g/mol. The van der Waals surface area contributed by atoms with Crippen LogP contribution in [0, 0.1) is 10.8 Å². The molecule has 1 saturated heterocycles. The van der Waals surface area contributed by atoms with Crippen LogP contribution in [0.15, 0.2) is 18.2 Å². The first-order valence-corrected chi connectivity index (χ1v) is 8.29. The predicted molar refractivity (Wildman–Crippen MR) is 89.5 cm³/mol. The Balaban J connectivity index is 1.79. The molecule has 1 aliphatic carbocycles. The summed E-state index contributed by atoms with van der Waals surface area (Å²) >= 11 is 0. The van der Waals surface area contributed by atoms with E-state index >= 15 is 0 Å². The van der Waals surface area contributed by atoms with Crippen molar-refractivity contribution in [1.82, 2.24) is 4.90 Å². The Labute approximate surface area is 134 Å². The second-order valence-corrected chi connectivity index (χ2v) is 8.34. The molecule has 0 aromatic heterocycles. The Bertz CT molecular complexity index is 532. The van der Waals surface area contributed by atoms with Gasteiger partial charge in [0.05, 0.1) is 14.2 Å². The molecule has 2 aliphatic rings. The van der Waals surface area contributed by atoms with Crippen LogP contribution in [0.1, 0.15) is 45.6 Å². The fraction of sp³-hybridized carbons (Fsp3) is 0.684. The van der Waals surface area contributed by atoms with E-state index in [1.165, 1.54) is 31.4 Å². The summed E-state index contributed by atoms with van der Waals surface area (Å²) in [7, 11) is 3.43. The summed E-state index contributed by atoms with van der Waals surface area (Å²) in [6.45, 7) is 9.52. The highest BCUT2D eigenvalue weighted by molar-refractivity contribution is 5.38. The van der Waals surface area contributed by atoms with Crippen molar-refractivity contribution in [2.45, 2.75) is 52.6 Å². The molecule has 2 atom stereocenters. The lowest BCUT2D eigenvalue weighted by atomic mass is 9.65. The van der Waals surface area contributed by atoms with Crippen LogP contribution < -0.4 is 9.47 Å². The predicted octanol–water partition coefficient (Wildman–Crippen LogP) is 4.10. The fourth-order valence-electron chi connectivity index (χ4n) is 4.95. The van der Waals surface area contributed by atoms with Crippen molar-refractivity contribution in [2.24, 2.45) is 10.8 Å². The van der Waals surface area contributed by atoms with Gasteiger partial charge in [0.1, 0.15) is 11.5 Å². The van der Waals surface area contributed by atoms with Crippen molar-refractivity contribution in [3.8, 4) is 11.5 Å². The third-order valence-corrected chi connectivity index (χ3v) is 5.32. The molecule has 1 aromatic rings. The molecule has 0 N–H and O–H groups in total. The largest absolute Gasteiger partial charge is 0.497 e. The Morgan fingerprint density at radius 3 is 2.27 bits per heavy atom. The number of likely N-dealkylation sites (tertiary alicyclic amines) is 1. The number of nitrogens with zero attached hydrogens (tertiary/aromatic N) is 1. The first-order valence-electron chi connectivity index (χ1n) is 8.29.